The lowest BCUT2D eigenvalue weighted by molar-refractivity contribution is 0.400. The third-order valence-electron chi connectivity index (χ3n) is 1.40. The fourth-order valence-electron chi connectivity index (χ4n) is 0.554. The molecule has 0 unspecified atom stereocenters. The van der Waals surface area contributed by atoms with Crippen LogP contribution >= 0.6 is 0 Å². The molecule has 1 N–H and O–H groups in total. The molecule has 0 heterocycles. The van der Waals surface area contributed by atoms with Gasteiger partial charge in [0.15, 0.2) is 5.90 Å². The minimum atomic E-state index is 0.672. The standard InChI is InChI=1S/C8H16N2O/c1-5-8(9-3)6-10-7(2)11-4/h6,9H,5H2,1-4H3/b8-6+,10-7+. The van der Waals surface area contributed by atoms with Crippen LogP contribution in [0.1, 0.15) is 20.3 Å². The molecule has 64 valence electrons. The number of nitrogens with one attached hydrogen (secondary N) is 1. The Labute approximate surface area is 68.2 Å². The number of hydrogen-bond acceptors (Lipinski definition) is 3. The fraction of sp³-hybridized carbons (Fsp3) is 0.625. The van der Waals surface area contributed by atoms with Crippen LogP contribution < -0.4 is 5.32 Å². The number of aliphatic imine (C=N–C) groups is 1. The number of ether oxygens (including phenoxy) is 1. The van der Waals surface area contributed by atoms with Crippen molar-refractivity contribution in [1.82, 2.24) is 5.32 Å². The zero-order chi connectivity index (χ0) is 8.69. The average Bonchev–Trinajstić information content (AvgIpc) is 2.06. The fourth-order valence-corrected chi connectivity index (χ4v) is 0.554. The van der Waals surface area contributed by atoms with E-state index >= 15 is 0 Å². The molecule has 0 atom stereocenters. The van der Waals surface area contributed by atoms with Gasteiger partial charge in [0.2, 0.25) is 0 Å². The third-order valence-corrected chi connectivity index (χ3v) is 1.40. The van der Waals surface area contributed by atoms with Gasteiger partial charge in [-0.15, -0.1) is 0 Å². The van der Waals surface area contributed by atoms with Crippen LogP contribution in [0.3, 0.4) is 0 Å². The van der Waals surface area contributed by atoms with E-state index in [1.807, 2.05) is 14.0 Å². The first kappa shape index (κ1) is 10.0. The molecule has 0 fully saturated rings. The van der Waals surface area contributed by atoms with Gasteiger partial charge >= 0.3 is 0 Å². The van der Waals surface area contributed by atoms with Crippen LogP contribution in [0.4, 0.5) is 0 Å². The van der Waals surface area contributed by atoms with Gasteiger partial charge in [-0.05, 0) is 6.42 Å². The summed E-state index contributed by atoms with van der Waals surface area (Å²) in [5.41, 5.74) is 1.10. The predicted molar refractivity (Wildman–Crippen MR) is 47.6 cm³/mol. The molecule has 0 amide bonds. The lowest BCUT2D eigenvalue weighted by Crippen LogP contribution is -2.04. The van der Waals surface area contributed by atoms with Crippen LogP contribution in [-0.4, -0.2) is 20.1 Å². The van der Waals surface area contributed by atoms with Crippen LogP contribution in [-0.2, 0) is 4.74 Å². The second kappa shape index (κ2) is 5.77. The zero-order valence-electron chi connectivity index (χ0n) is 7.64. The van der Waals surface area contributed by atoms with Gasteiger partial charge in [-0.1, -0.05) is 6.92 Å². The molecule has 0 spiro atoms. The van der Waals surface area contributed by atoms with Crippen molar-refractivity contribution in [2.45, 2.75) is 20.3 Å². The van der Waals surface area contributed by atoms with Crippen LogP contribution in [0.5, 0.6) is 0 Å². The van der Waals surface area contributed by atoms with Crippen molar-refractivity contribution in [3.05, 3.63) is 11.9 Å². The molecule has 0 aromatic heterocycles. The summed E-state index contributed by atoms with van der Waals surface area (Å²) in [5, 5.41) is 3.03. The summed E-state index contributed by atoms with van der Waals surface area (Å²) in [5.74, 6) is 0.672. The zero-order valence-corrected chi connectivity index (χ0v) is 7.64. The van der Waals surface area contributed by atoms with E-state index in [1.54, 1.807) is 13.3 Å². The summed E-state index contributed by atoms with van der Waals surface area (Å²) in [6, 6.07) is 0. The normalized spacial score (nSPS) is 13.1. The Balaban J connectivity index is 4.06. The number of hydrogen-bond donors (Lipinski definition) is 1. The third kappa shape index (κ3) is 4.42. The quantitative estimate of drug-likeness (QED) is 0.496. The molecular weight excluding hydrogens is 140 g/mol. The number of allylic oxidation sites excluding steroid dienone is 1. The molecular formula is C8H16N2O. The Bertz CT molecular complexity index is 155. The van der Waals surface area contributed by atoms with Gasteiger partial charge in [0, 0.05) is 25.9 Å². The molecule has 0 aliphatic carbocycles. The Kier molecular flexibility index (Phi) is 5.25. The molecule has 0 saturated heterocycles. The van der Waals surface area contributed by atoms with Gasteiger partial charge in [0.25, 0.3) is 0 Å². The SMILES string of the molecule is CC/C(=C\N=C(/C)OC)NC. The van der Waals surface area contributed by atoms with E-state index in [2.05, 4.69) is 17.2 Å². The van der Waals surface area contributed by atoms with E-state index in [0.717, 1.165) is 12.1 Å². The second-order valence-corrected chi connectivity index (χ2v) is 2.11. The van der Waals surface area contributed by atoms with Gasteiger partial charge in [-0.25, -0.2) is 4.99 Å². The highest BCUT2D eigenvalue weighted by Crippen LogP contribution is 1.94. The summed E-state index contributed by atoms with van der Waals surface area (Å²) in [7, 11) is 3.49. The number of methoxy groups -OCH3 is 1. The lowest BCUT2D eigenvalue weighted by atomic mass is 10.4. The van der Waals surface area contributed by atoms with E-state index in [-0.39, 0.29) is 0 Å². The number of nitrogens with zero attached hydrogens (tertiary/aromatic N) is 1. The van der Waals surface area contributed by atoms with Crippen molar-refractivity contribution in [3.63, 3.8) is 0 Å². The summed E-state index contributed by atoms with van der Waals surface area (Å²) >= 11 is 0. The van der Waals surface area contributed by atoms with Crippen molar-refractivity contribution in [2.24, 2.45) is 4.99 Å². The van der Waals surface area contributed by atoms with Gasteiger partial charge in [-0.3, -0.25) is 0 Å². The highest BCUT2D eigenvalue weighted by molar-refractivity contribution is 5.73. The molecule has 0 aromatic carbocycles. The Morgan fingerprint density at radius 1 is 1.64 bits per heavy atom. The van der Waals surface area contributed by atoms with E-state index in [0.29, 0.717) is 5.90 Å². The molecule has 0 aliphatic rings. The first-order valence-electron chi connectivity index (χ1n) is 3.69. The Morgan fingerprint density at radius 3 is 2.64 bits per heavy atom. The maximum absolute atomic E-state index is 4.87. The summed E-state index contributed by atoms with van der Waals surface area (Å²) in [6.07, 6.45) is 2.73. The van der Waals surface area contributed by atoms with Gasteiger partial charge in [-0.2, -0.15) is 0 Å². The van der Waals surface area contributed by atoms with E-state index in [4.69, 9.17) is 4.74 Å². The van der Waals surface area contributed by atoms with Crippen LogP contribution in [0.2, 0.25) is 0 Å². The highest BCUT2D eigenvalue weighted by Gasteiger charge is 1.87. The molecule has 3 nitrogen and oxygen atoms in total. The minimum Gasteiger partial charge on any atom is -0.484 e. The van der Waals surface area contributed by atoms with Crippen LogP contribution in [0, 0.1) is 0 Å². The first-order valence-corrected chi connectivity index (χ1v) is 3.69. The average molecular weight is 156 g/mol. The summed E-state index contributed by atoms with van der Waals surface area (Å²) in [6.45, 7) is 3.89. The Hall–Kier alpha value is -0.990. The summed E-state index contributed by atoms with van der Waals surface area (Å²) in [4.78, 5) is 4.05. The highest BCUT2D eigenvalue weighted by atomic mass is 16.5. The first-order chi connectivity index (χ1) is 5.24. The number of rotatable bonds is 3. The van der Waals surface area contributed by atoms with Crippen molar-refractivity contribution < 1.29 is 4.74 Å². The van der Waals surface area contributed by atoms with Crippen LogP contribution in [0.25, 0.3) is 0 Å². The smallest absolute Gasteiger partial charge is 0.184 e. The predicted octanol–water partition coefficient (Wildman–Crippen LogP) is 1.52. The van der Waals surface area contributed by atoms with Crippen molar-refractivity contribution >= 4 is 5.90 Å². The van der Waals surface area contributed by atoms with Crippen LogP contribution in [0.15, 0.2) is 16.9 Å². The molecule has 3 heteroatoms. The van der Waals surface area contributed by atoms with Gasteiger partial charge < -0.3 is 10.1 Å². The molecule has 11 heavy (non-hydrogen) atoms. The van der Waals surface area contributed by atoms with Crippen molar-refractivity contribution in [3.8, 4) is 0 Å². The lowest BCUT2D eigenvalue weighted by Gasteiger charge is -2.00. The minimum absolute atomic E-state index is 0.672. The maximum Gasteiger partial charge on any atom is 0.184 e. The topological polar surface area (TPSA) is 33.6 Å². The second-order valence-electron chi connectivity index (χ2n) is 2.11. The molecule has 0 aliphatic heterocycles. The van der Waals surface area contributed by atoms with Gasteiger partial charge in [0.1, 0.15) is 0 Å². The largest absolute Gasteiger partial charge is 0.484 e. The Morgan fingerprint density at radius 2 is 2.27 bits per heavy atom. The molecule has 0 saturated carbocycles. The van der Waals surface area contributed by atoms with E-state index in [9.17, 15) is 0 Å². The molecule has 0 aromatic rings. The van der Waals surface area contributed by atoms with Gasteiger partial charge in [0.05, 0.1) is 7.11 Å². The van der Waals surface area contributed by atoms with Crippen molar-refractivity contribution in [1.29, 1.82) is 0 Å². The monoisotopic (exact) mass is 156 g/mol. The maximum atomic E-state index is 4.87. The van der Waals surface area contributed by atoms with E-state index < -0.39 is 0 Å². The summed E-state index contributed by atoms with van der Waals surface area (Å²) < 4.78 is 4.87. The molecule has 0 radical (unpaired) electrons. The molecule has 0 rings (SSSR count). The molecule has 0 bridgehead atoms. The van der Waals surface area contributed by atoms with Crippen molar-refractivity contribution in [2.75, 3.05) is 14.2 Å². The van der Waals surface area contributed by atoms with E-state index in [1.165, 1.54) is 0 Å².